The van der Waals surface area contributed by atoms with Crippen molar-refractivity contribution < 1.29 is 4.42 Å². The third kappa shape index (κ3) is 2.06. The number of rotatable bonds is 2. The van der Waals surface area contributed by atoms with E-state index in [1.807, 2.05) is 24.3 Å². The molecule has 0 atom stereocenters. The Kier molecular flexibility index (Phi) is 2.41. The Hall–Kier alpha value is -1.48. The summed E-state index contributed by atoms with van der Waals surface area (Å²) < 4.78 is 5.15. The average Bonchev–Trinajstić information content (AvgIpc) is 2.56. The second-order valence-electron chi connectivity index (χ2n) is 2.97. The molecule has 72 valence electrons. The number of anilines is 1. The first-order chi connectivity index (χ1) is 6.74. The maximum absolute atomic E-state index is 5.76. The Labute approximate surface area is 86.5 Å². The molecule has 0 saturated carbocycles. The Morgan fingerprint density at radius 1 is 1.29 bits per heavy atom. The Bertz CT molecular complexity index is 422. The van der Waals surface area contributed by atoms with Gasteiger partial charge in [-0.2, -0.15) is 0 Å². The van der Waals surface area contributed by atoms with Crippen molar-refractivity contribution in [1.29, 1.82) is 0 Å². The number of aromatic nitrogens is 1. The minimum absolute atomic E-state index is 0.203. The second-order valence-corrected chi connectivity index (χ2v) is 3.40. The third-order valence-corrected chi connectivity index (χ3v) is 2.12. The molecule has 0 unspecified atom stereocenters. The molecule has 1 aromatic carbocycles. The lowest BCUT2D eigenvalue weighted by molar-refractivity contribution is 0.534. The smallest absolute Gasteiger partial charge is 0.292 e. The van der Waals surface area contributed by atoms with Crippen molar-refractivity contribution in [2.75, 3.05) is 5.73 Å². The number of hydrogen-bond donors (Lipinski definition) is 1. The van der Waals surface area contributed by atoms with Crippen LogP contribution in [0.3, 0.4) is 0 Å². The number of nitrogen functional groups attached to an aromatic ring is 1. The summed E-state index contributed by atoms with van der Waals surface area (Å²) >= 11 is 5.76. The summed E-state index contributed by atoms with van der Waals surface area (Å²) in [6.45, 7) is 0. The SMILES string of the molecule is Nc1ncc(Cc2ccc(Cl)cc2)o1. The monoisotopic (exact) mass is 208 g/mol. The number of nitrogens with two attached hydrogens (primary N) is 1. The maximum atomic E-state index is 5.76. The fraction of sp³-hybridized carbons (Fsp3) is 0.100. The molecule has 0 spiro atoms. The number of benzene rings is 1. The molecular weight excluding hydrogens is 200 g/mol. The molecule has 0 aliphatic heterocycles. The largest absolute Gasteiger partial charge is 0.429 e. The molecule has 2 N–H and O–H groups in total. The molecule has 0 saturated heterocycles. The zero-order valence-corrected chi connectivity index (χ0v) is 8.16. The highest BCUT2D eigenvalue weighted by Gasteiger charge is 2.01. The van der Waals surface area contributed by atoms with Gasteiger partial charge >= 0.3 is 0 Å². The molecule has 0 fully saturated rings. The quantitative estimate of drug-likeness (QED) is 0.825. The van der Waals surface area contributed by atoms with Gasteiger partial charge in [0.1, 0.15) is 5.76 Å². The molecule has 0 aliphatic rings. The van der Waals surface area contributed by atoms with E-state index in [-0.39, 0.29) is 6.01 Å². The van der Waals surface area contributed by atoms with E-state index in [9.17, 15) is 0 Å². The molecule has 4 heteroatoms. The molecule has 0 bridgehead atoms. The first-order valence-corrected chi connectivity index (χ1v) is 4.56. The molecule has 3 nitrogen and oxygen atoms in total. The van der Waals surface area contributed by atoms with E-state index in [1.54, 1.807) is 6.20 Å². The Balaban J connectivity index is 2.15. The highest BCUT2D eigenvalue weighted by Crippen LogP contribution is 2.14. The van der Waals surface area contributed by atoms with Crippen molar-refractivity contribution in [3.8, 4) is 0 Å². The Morgan fingerprint density at radius 2 is 2.00 bits per heavy atom. The lowest BCUT2D eigenvalue weighted by Crippen LogP contribution is -1.84. The summed E-state index contributed by atoms with van der Waals surface area (Å²) in [5, 5.41) is 0.728. The van der Waals surface area contributed by atoms with Crippen LogP contribution < -0.4 is 5.73 Å². The zero-order valence-electron chi connectivity index (χ0n) is 7.40. The number of nitrogens with zero attached hydrogens (tertiary/aromatic N) is 1. The summed E-state index contributed by atoms with van der Waals surface area (Å²) in [7, 11) is 0. The first-order valence-electron chi connectivity index (χ1n) is 4.18. The topological polar surface area (TPSA) is 52.0 Å². The molecule has 14 heavy (non-hydrogen) atoms. The number of oxazole rings is 1. The molecular formula is C10H9ClN2O. The van der Waals surface area contributed by atoms with Gasteiger partial charge in [-0.25, -0.2) is 4.98 Å². The van der Waals surface area contributed by atoms with E-state index in [4.69, 9.17) is 21.8 Å². The van der Waals surface area contributed by atoms with Crippen molar-refractivity contribution in [3.05, 3.63) is 46.8 Å². The standard InChI is InChI=1S/C10H9ClN2O/c11-8-3-1-7(2-4-8)5-9-6-13-10(12)14-9/h1-4,6H,5H2,(H2,12,13). The van der Waals surface area contributed by atoms with Crippen LogP contribution in [-0.4, -0.2) is 4.98 Å². The van der Waals surface area contributed by atoms with Gasteiger partial charge in [0.2, 0.25) is 0 Å². The van der Waals surface area contributed by atoms with Crippen LogP contribution in [0.15, 0.2) is 34.9 Å². The predicted octanol–water partition coefficient (Wildman–Crippen LogP) is 2.50. The normalized spacial score (nSPS) is 10.4. The van der Waals surface area contributed by atoms with Crippen LogP contribution in [0.2, 0.25) is 5.02 Å². The van der Waals surface area contributed by atoms with Crippen molar-refractivity contribution in [1.82, 2.24) is 4.98 Å². The molecule has 0 radical (unpaired) electrons. The van der Waals surface area contributed by atoms with Gasteiger partial charge in [0.25, 0.3) is 6.01 Å². The van der Waals surface area contributed by atoms with Crippen molar-refractivity contribution in [2.45, 2.75) is 6.42 Å². The fourth-order valence-electron chi connectivity index (χ4n) is 1.21. The van der Waals surface area contributed by atoms with Crippen LogP contribution in [0.4, 0.5) is 6.01 Å². The fourth-order valence-corrected chi connectivity index (χ4v) is 1.33. The molecule has 2 rings (SSSR count). The van der Waals surface area contributed by atoms with Gasteiger partial charge in [-0.1, -0.05) is 23.7 Å². The summed E-state index contributed by atoms with van der Waals surface area (Å²) in [6, 6.07) is 7.78. The molecule has 1 aromatic heterocycles. The van der Waals surface area contributed by atoms with Crippen molar-refractivity contribution in [2.24, 2.45) is 0 Å². The minimum atomic E-state index is 0.203. The van der Waals surface area contributed by atoms with Crippen LogP contribution in [0.1, 0.15) is 11.3 Å². The molecule has 1 heterocycles. The van der Waals surface area contributed by atoms with Crippen LogP contribution in [0.25, 0.3) is 0 Å². The average molecular weight is 209 g/mol. The van der Waals surface area contributed by atoms with Crippen LogP contribution in [0.5, 0.6) is 0 Å². The van der Waals surface area contributed by atoms with Gasteiger partial charge in [0.05, 0.1) is 6.20 Å². The predicted molar refractivity (Wildman–Crippen MR) is 55.2 cm³/mol. The summed E-state index contributed by atoms with van der Waals surface area (Å²) in [4.78, 5) is 3.82. The highest BCUT2D eigenvalue weighted by molar-refractivity contribution is 6.30. The first kappa shape index (κ1) is 9.09. The van der Waals surface area contributed by atoms with Crippen LogP contribution in [-0.2, 0) is 6.42 Å². The van der Waals surface area contributed by atoms with Gasteiger partial charge < -0.3 is 10.2 Å². The van der Waals surface area contributed by atoms with E-state index in [1.165, 1.54) is 0 Å². The molecule has 0 amide bonds. The van der Waals surface area contributed by atoms with E-state index in [0.717, 1.165) is 16.3 Å². The van der Waals surface area contributed by atoms with Gasteiger partial charge in [0, 0.05) is 11.4 Å². The van der Waals surface area contributed by atoms with E-state index in [0.29, 0.717) is 6.42 Å². The lowest BCUT2D eigenvalue weighted by atomic mass is 10.1. The minimum Gasteiger partial charge on any atom is -0.429 e. The van der Waals surface area contributed by atoms with Gasteiger partial charge in [-0.3, -0.25) is 0 Å². The van der Waals surface area contributed by atoms with Gasteiger partial charge in [0.15, 0.2) is 0 Å². The second kappa shape index (κ2) is 3.72. The summed E-state index contributed by atoms with van der Waals surface area (Å²) in [6.07, 6.45) is 2.31. The molecule has 2 aromatic rings. The van der Waals surface area contributed by atoms with E-state index < -0.39 is 0 Å². The third-order valence-electron chi connectivity index (χ3n) is 1.86. The number of halogens is 1. The van der Waals surface area contributed by atoms with Crippen LogP contribution in [0, 0.1) is 0 Å². The summed E-state index contributed by atoms with van der Waals surface area (Å²) in [5.41, 5.74) is 6.47. The van der Waals surface area contributed by atoms with Crippen molar-refractivity contribution in [3.63, 3.8) is 0 Å². The van der Waals surface area contributed by atoms with Crippen LogP contribution >= 0.6 is 11.6 Å². The Morgan fingerprint density at radius 3 is 2.57 bits per heavy atom. The highest BCUT2D eigenvalue weighted by atomic mass is 35.5. The zero-order chi connectivity index (χ0) is 9.97. The van der Waals surface area contributed by atoms with Crippen molar-refractivity contribution >= 4 is 17.6 Å². The summed E-state index contributed by atoms with van der Waals surface area (Å²) in [5.74, 6) is 0.754. The number of hydrogen-bond acceptors (Lipinski definition) is 3. The molecule has 0 aliphatic carbocycles. The lowest BCUT2D eigenvalue weighted by Gasteiger charge is -1.97. The van der Waals surface area contributed by atoms with E-state index in [2.05, 4.69) is 4.98 Å². The van der Waals surface area contributed by atoms with Gasteiger partial charge in [-0.05, 0) is 17.7 Å². The maximum Gasteiger partial charge on any atom is 0.292 e. The van der Waals surface area contributed by atoms with Gasteiger partial charge in [-0.15, -0.1) is 0 Å². The van der Waals surface area contributed by atoms with E-state index >= 15 is 0 Å².